The molecule has 0 spiro atoms. The molecule has 2 amide bonds. The van der Waals surface area contributed by atoms with E-state index in [1.165, 1.54) is 0 Å². The second-order valence-corrected chi connectivity index (χ2v) is 10.4. The van der Waals surface area contributed by atoms with Gasteiger partial charge < -0.3 is 29.6 Å². The van der Waals surface area contributed by atoms with E-state index in [1.807, 2.05) is 48.5 Å². The summed E-state index contributed by atoms with van der Waals surface area (Å²) in [5.41, 5.74) is 3.16. The second-order valence-electron chi connectivity index (χ2n) is 10.4. The normalized spacial score (nSPS) is 10.3. The Morgan fingerprint density at radius 3 is 1.25 bits per heavy atom. The van der Waals surface area contributed by atoms with Gasteiger partial charge in [-0.3, -0.25) is 9.59 Å². The predicted molar refractivity (Wildman–Crippen MR) is 188 cm³/mol. The van der Waals surface area contributed by atoms with Crippen LogP contribution in [-0.2, 0) is 13.2 Å². The number of benzene rings is 5. The summed E-state index contributed by atoms with van der Waals surface area (Å²) in [6.07, 6.45) is 3.35. The lowest BCUT2D eigenvalue weighted by Crippen LogP contribution is -2.18. The van der Waals surface area contributed by atoms with Gasteiger partial charge in [-0.05, 0) is 48.5 Å². The molecule has 5 aromatic carbocycles. The molecular formula is C40H36N2O6. The van der Waals surface area contributed by atoms with Gasteiger partial charge in [-0.25, -0.2) is 0 Å². The van der Waals surface area contributed by atoms with Crippen LogP contribution < -0.4 is 29.6 Å². The Kier molecular flexibility index (Phi) is 11.6. The number of hydrogen-bond acceptors (Lipinski definition) is 6. The summed E-state index contributed by atoms with van der Waals surface area (Å²) in [5.74, 6) is 1.36. The molecule has 8 nitrogen and oxygen atoms in total. The number of amides is 2. The Hall–Kier alpha value is -6.28. The summed E-state index contributed by atoms with van der Waals surface area (Å²) >= 11 is 0. The van der Waals surface area contributed by atoms with E-state index in [1.54, 1.807) is 84.9 Å². The Bertz CT molecular complexity index is 1750. The van der Waals surface area contributed by atoms with Crippen molar-refractivity contribution in [1.82, 2.24) is 0 Å². The van der Waals surface area contributed by atoms with Gasteiger partial charge in [0.1, 0.15) is 49.4 Å². The fourth-order valence-electron chi connectivity index (χ4n) is 4.78. The molecule has 8 heteroatoms. The molecule has 0 bridgehead atoms. The monoisotopic (exact) mass is 640 g/mol. The van der Waals surface area contributed by atoms with Gasteiger partial charge in [0.05, 0.1) is 22.5 Å². The molecule has 0 aliphatic heterocycles. The van der Waals surface area contributed by atoms with Crippen molar-refractivity contribution in [2.75, 3.05) is 23.8 Å². The molecule has 0 fully saturated rings. The molecule has 5 rings (SSSR count). The van der Waals surface area contributed by atoms with Crippen LogP contribution in [0.3, 0.4) is 0 Å². The summed E-state index contributed by atoms with van der Waals surface area (Å²) < 4.78 is 23.7. The molecule has 0 aliphatic rings. The fourth-order valence-corrected chi connectivity index (χ4v) is 4.78. The lowest BCUT2D eigenvalue weighted by atomic mass is 10.1. The van der Waals surface area contributed by atoms with E-state index in [4.69, 9.17) is 18.9 Å². The van der Waals surface area contributed by atoms with E-state index < -0.39 is 11.8 Å². The summed E-state index contributed by atoms with van der Waals surface area (Å²) in [6, 6.07) is 36.0. The molecule has 0 saturated carbocycles. The number of nitrogens with one attached hydrogen (secondary N) is 2. The highest BCUT2D eigenvalue weighted by molar-refractivity contribution is 6.11. The van der Waals surface area contributed by atoms with Gasteiger partial charge in [0.25, 0.3) is 11.8 Å². The fraction of sp³-hybridized carbons (Fsp3) is 0.100. The van der Waals surface area contributed by atoms with E-state index >= 15 is 0 Å². The highest BCUT2D eigenvalue weighted by Crippen LogP contribution is 2.29. The quantitative estimate of drug-likeness (QED) is 0.105. The van der Waals surface area contributed by atoms with Gasteiger partial charge in [-0.1, -0.05) is 98.1 Å². The average Bonchev–Trinajstić information content (AvgIpc) is 3.13. The van der Waals surface area contributed by atoms with Crippen molar-refractivity contribution in [3.05, 3.63) is 169 Å². The molecule has 242 valence electrons. The second kappa shape index (κ2) is 16.9. The van der Waals surface area contributed by atoms with E-state index in [9.17, 15) is 9.59 Å². The van der Waals surface area contributed by atoms with Crippen LogP contribution in [0.25, 0.3) is 0 Å². The zero-order valence-electron chi connectivity index (χ0n) is 26.4. The molecular weight excluding hydrogens is 604 g/mol. The molecule has 2 N–H and O–H groups in total. The van der Waals surface area contributed by atoms with Crippen molar-refractivity contribution in [1.29, 1.82) is 0 Å². The molecule has 0 aliphatic carbocycles. The minimum atomic E-state index is -0.399. The van der Waals surface area contributed by atoms with Crippen molar-refractivity contribution < 1.29 is 28.5 Å². The topological polar surface area (TPSA) is 95.1 Å². The number of para-hydroxylation sites is 6. The Morgan fingerprint density at radius 1 is 0.479 bits per heavy atom. The van der Waals surface area contributed by atoms with Crippen LogP contribution in [0.1, 0.15) is 31.8 Å². The number of ether oxygens (including phenoxy) is 4. The summed E-state index contributed by atoms with van der Waals surface area (Å²) in [6.45, 7) is 8.51. The molecule has 5 aromatic rings. The highest BCUT2D eigenvalue weighted by atomic mass is 16.5. The predicted octanol–water partition coefficient (Wildman–Crippen LogP) is 8.48. The lowest BCUT2D eigenvalue weighted by molar-refractivity contribution is 0.101. The Balaban J connectivity index is 1.28. The minimum absolute atomic E-state index is 0.194. The maximum Gasteiger partial charge on any atom is 0.259 e. The van der Waals surface area contributed by atoms with Gasteiger partial charge in [-0.15, -0.1) is 0 Å². The zero-order chi connectivity index (χ0) is 33.6. The Labute approximate surface area is 280 Å². The molecule has 48 heavy (non-hydrogen) atoms. The first kappa shape index (κ1) is 33.1. The van der Waals surface area contributed by atoms with Crippen LogP contribution in [0.4, 0.5) is 11.4 Å². The van der Waals surface area contributed by atoms with Gasteiger partial charge in [-0.2, -0.15) is 0 Å². The van der Waals surface area contributed by atoms with Crippen molar-refractivity contribution >= 4 is 23.2 Å². The lowest BCUT2D eigenvalue weighted by Gasteiger charge is -2.16. The van der Waals surface area contributed by atoms with Gasteiger partial charge in [0.15, 0.2) is 0 Å². The van der Waals surface area contributed by atoms with Crippen LogP contribution >= 0.6 is 0 Å². The van der Waals surface area contributed by atoms with Gasteiger partial charge >= 0.3 is 0 Å². The number of hydrogen-bond donors (Lipinski definition) is 2. The van der Waals surface area contributed by atoms with Crippen LogP contribution in [-0.4, -0.2) is 25.0 Å². The molecule has 0 radical (unpaired) electrons. The molecule has 0 saturated heterocycles. The standard InChI is InChI=1S/C40H36N2O6/c1-3-25-45-35-21-11-5-15-29(35)27-47-37-23-13-7-17-31(37)39(43)41-33-19-9-10-20-34(33)42-40(44)32-18-8-14-24-38(32)48-28-30-16-6-12-22-36(30)46-26-4-2/h3-24H,1-2,25-28H2,(H,41,43)(H,42,44). The summed E-state index contributed by atoms with van der Waals surface area (Å²) in [4.78, 5) is 27.1. The average molecular weight is 641 g/mol. The van der Waals surface area contributed by atoms with E-state index in [-0.39, 0.29) is 13.2 Å². The molecule has 0 unspecified atom stereocenters. The maximum atomic E-state index is 13.6. The third-order valence-electron chi connectivity index (χ3n) is 7.11. The maximum absolute atomic E-state index is 13.6. The Morgan fingerprint density at radius 2 is 0.833 bits per heavy atom. The highest BCUT2D eigenvalue weighted by Gasteiger charge is 2.18. The molecule has 0 aromatic heterocycles. The summed E-state index contributed by atoms with van der Waals surface area (Å²) in [5, 5.41) is 5.85. The van der Waals surface area contributed by atoms with Crippen molar-refractivity contribution in [3.8, 4) is 23.0 Å². The first-order valence-corrected chi connectivity index (χ1v) is 15.4. The smallest absolute Gasteiger partial charge is 0.259 e. The van der Waals surface area contributed by atoms with Crippen LogP contribution in [0.5, 0.6) is 23.0 Å². The van der Waals surface area contributed by atoms with E-state index in [0.717, 1.165) is 11.1 Å². The first-order chi connectivity index (χ1) is 23.6. The SMILES string of the molecule is C=CCOc1ccccc1COc1ccccc1C(=O)Nc1ccccc1NC(=O)c1ccccc1OCc1ccccc1OCC=C. The third kappa shape index (κ3) is 8.70. The number of carbonyl (C=O) groups is 2. The third-order valence-corrected chi connectivity index (χ3v) is 7.11. The number of rotatable bonds is 16. The minimum Gasteiger partial charge on any atom is -0.489 e. The van der Waals surface area contributed by atoms with Crippen molar-refractivity contribution in [2.45, 2.75) is 13.2 Å². The van der Waals surface area contributed by atoms with Gasteiger partial charge in [0.2, 0.25) is 0 Å². The van der Waals surface area contributed by atoms with Crippen LogP contribution in [0.2, 0.25) is 0 Å². The largest absolute Gasteiger partial charge is 0.489 e. The summed E-state index contributed by atoms with van der Waals surface area (Å²) in [7, 11) is 0. The van der Waals surface area contributed by atoms with Crippen LogP contribution in [0, 0.1) is 0 Å². The molecule has 0 heterocycles. The van der Waals surface area contributed by atoms with E-state index in [0.29, 0.717) is 58.7 Å². The first-order valence-electron chi connectivity index (χ1n) is 15.4. The number of anilines is 2. The zero-order valence-corrected chi connectivity index (χ0v) is 26.4. The van der Waals surface area contributed by atoms with Crippen molar-refractivity contribution in [2.24, 2.45) is 0 Å². The van der Waals surface area contributed by atoms with Crippen molar-refractivity contribution in [3.63, 3.8) is 0 Å². The van der Waals surface area contributed by atoms with Gasteiger partial charge in [0, 0.05) is 11.1 Å². The number of carbonyl (C=O) groups excluding carboxylic acids is 2. The van der Waals surface area contributed by atoms with E-state index in [2.05, 4.69) is 23.8 Å². The molecule has 0 atom stereocenters. The van der Waals surface area contributed by atoms with Crippen LogP contribution in [0.15, 0.2) is 147 Å².